The molecule has 1 aliphatic rings. The largest absolute Gasteiger partial charge is 0.383 e. The highest BCUT2D eigenvalue weighted by Gasteiger charge is 2.17. The lowest BCUT2D eigenvalue weighted by Gasteiger charge is -2.12. The summed E-state index contributed by atoms with van der Waals surface area (Å²) < 4.78 is 10.6. The van der Waals surface area contributed by atoms with Crippen molar-refractivity contribution in [2.24, 2.45) is 0 Å². The number of methoxy groups -OCH3 is 1. The fraction of sp³-hybridized carbons (Fsp3) is 0.533. The summed E-state index contributed by atoms with van der Waals surface area (Å²) in [4.78, 5) is 13.1. The lowest BCUT2D eigenvalue weighted by atomic mass is 10.2. The number of nitrogens with one attached hydrogen (secondary N) is 1. The van der Waals surface area contributed by atoms with Gasteiger partial charge in [-0.05, 0) is 25.0 Å². The predicted octanol–water partition coefficient (Wildman–Crippen LogP) is 2.33. The van der Waals surface area contributed by atoms with Crippen LogP contribution in [-0.2, 0) is 9.47 Å². The summed E-state index contributed by atoms with van der Waals surface area (Å²) in [6.45, 7) is 1.92. The van der Waals surface area contributed by atoms with E-state index in [0.29, 0.717) is 19.3 Å². The van der Waals surface area contributed by atoms with Gasteiger partial charge in [0.15, 0.2) is 0 Å². The molecule has 1 saturated heterocycles. The minimum atomic E-state index is -0.0440. The third-order valence-corrected chi connectivity index (χ3v) is 4.38. The molecule has 0 saturated carbocycles. The second kappa shape index (κ2) is 8.29. The maximum Gasteiger partial charge on any atom is 0.252 e. The zero-order chi connectivity index (χ0) is 14.2. The van der Waals surface area contributed by atoms with E-state index < -0.39 is 0 Å². The van der Waals surface area contributed by atoms with E-state index in [-0.39, 0.29) is 5.91 Å². The van der Waals surface area contributed by atoms with Gasteiger partial charge < -0.3 is 14.8 Å². The van der Waals surface area contributed by atoms with Crippen molar-refractivity contribution in [3.05, 3.63) is 29.8 Å². The van der Waals surface area contributed by atoms with E-state index in [4.69, 9.17) is 9.47 Å². The molecule has 1 N–H and O–H groups in total. The normalized spacial score (nSPS) is 18.1. The van der Waals surface area contributed by atoms with Gasteiger partial charge in [-0.25, -0.2) is 0 Å². The van der Waals surface area contributed by atoms with Crippen LogP contribution in [0, 0.1) is 0 Å². The first-order valence-electron chi connectivity index (χ1n) is 6.92. The van der Waals surface area contributed by atoms with Crippen molar-refractivity contribution in [2.45, 2.75) is 23.8 Å². The highest BCUT2D eigenvalue weighted by molar-refractivity contribution is 7.99. The van der Waals surface area contributed by atoms with E-state index in [9.17, 15) is 4.79 Å². The third kappa shape index (κ3) is 4.51. The van der Waals surface area contributed by atoms with Crippen molar-refractivity contribution in [1.82, 2.24) is 5.32 Å². The van der Waals surface area contributed by atoms with E-state index in [1.807, 2.05) is 24.3 Å². The number of benzene rings is 1. The molecule has 5 heteroatoms. The molecule has 0 aromatic heterocycles. The third-order valence-electron chi connectivity index (χ3n) is 3.17. The Kier molecular flexibility index (Phi) is 6.36. The van der Waals surface area contributed by atoms with E-state index in [0.717, 1.165) is 35.7 Å². The van der Waals surface area contributed by atoms with E-state index in [1.165, 1.54) is 0 Å². The van der Waals surface area contributed by atoms with Gasteiger partial charge >= 0.3 is 0 Å². The molecular weight excluding hydrogens is 274 g/mol. The molecule has 0 bridgehead atoms. The van der Waals surface area contributed by atoms with Gasteiger partial charge in [0.25, 0.3) is 5.91 Å². The first-order valence-corrected chi connectivity index (χ1v) is 7.90. The highest BCUT2D eigenvalue weighted by atomic mass is 32.2. The molecule has 0 spiro atoms. The summed E-state index contributed by atoms with van der Waals surface area (Å²) >= 11 is 1.69. The SMILES string of the molecule is COCCNC(=O)c1ccccc1SC[C@@H]1CCCO1. The van der Waals surface area contributed by atoms with E-state index in [2.05, 4.69) is 5.32 Å². The Labute approximate surface area is 124 Å². The zero-order valence-electron chi connectivity index (χ0n) is 11.8. The van der Waals surface area contributed by atoms with Crippen molar-refractivity contribution in [3.8, 4) is 0 Å². The van der Waals surface area contributed by atoms with Crippen molar-refractivity contribution in [2.75, 3.05) is 32.6 Å². The highest BCUT2D eigenvalue weighted by Crippen LogP contribution is 2.26. The number of hydrogen-bond donors (Lipinski definition) is 1. The summed E-state index contributed by atoms with van der Waals surface area (Å²) in [6, 6.07) is 7.70. The standard InChI is InChI=1S/C15H21NO3S/c1-18-10-8-16-15(17)13-6-2-3-7-14(13)20-11-12-5-4-9-19-12/h2-3,6-7,12H,4-5,8-11H2,1H3,(H,16,17)/t12-/m0/s1. The fourth-order valence-electron chi connectivity index (χ4n) is 2.10. The van der Waals surface area contributed by atoms with Gasteiger partial charge in [-0.3, -0.25) is 4.79 Å². The van der Waals surface area contributed by atoms with Crippen LogP contribution in [0.25, 0.3) is 0 Å². The smallest absolute Gasteiger partial charge is 0.252 e. The number of thioether (sulfide) groups is 1. The minimum absolute atomic E-state index is 0.0440. The molecule has 1 atom stereocenters. The predicted molar refractivity (Wildman–Crippen MR) is 80.3 cm³/mol. The van der Waals surface area contributed by atoms with Crippen molar-refractivity contribution in [1.29, 1.82) is 0 Å². The summed E-state index contributed by atoms with van der Waals surface area (Å²) in [5, 5.41) is 2.86. The lowest BCUT2D eigenvalue weighted by molar-refractivity contribution is 0.0934. The molecule has 1 heterocycles. The summed E-state index contributed by atoms with van der Waals surface area (Å²) in [5.74, 6) is 0.861. The summed E-state index contributed by atoms with van der Waals surface area (Å²) in [6.07, 6.45) is 2.59. The molecule has 0 radical (unpaired) electrons. The monoisotopic (exact) mass is 295 g/mol. The molecule has 1 aromatic carbocycles. The van der Waals surface area contributed by atoms with Gasteiger partial charge in [0.1, 0.15) is 0 Å². The molecule has 0 unspecified atom stereocenters. The molecular formula is C15H21NO3S. The molecule has 0 aliphatic carbocycles. The van der Waals surface area contributed by atoms with Crippen LogP contribution in [0.1, 0.15) is 23.2 Å². The van der Waals surface area contributed by atoms with Crippen molar-refractivity contribution < 1.29 is 14.3 Å². The first kappa shape index (κ1) is 15.4. The van der Waals surface area contributed by atoms with Crippen LogP contribution < -0.4 is 5.32 Å². The summed E-state index contributed by atoms with van der Waals surface area (Å²) in [5.41, 5.74) is 0.728. The Hall–Kier alpha value is -1.04. The van der Waals surface area contributed by atoms with E-state index in [1.54, 1.807) is 18.9 Å². The average Bonchev–Trinajstić information content (AvgIpc) is 2.99. The number of amides is 1. The van der Waals surface area contributed by atoms with Crippen molar-refractivity contribution >= 4 is 17.7 Å². The maximum atomic E-state index is 12.1. The minimum Gasteiger partial charge on any atom is -0.383 e. The molecule has 1 fully saturated rings. The Morgan fingerprint density at radius 1 is 1.50 bits per heavy atom. The number of ether oxygens (including phenoxy) is 2. The summed E-state index contributed by atoms with van der Waals surface area (Å²) in [7, 11) is 1.62. The van der Waals surface area contributed by atoms with Crippen LogP contribution in [0.2, 0.25) is 0 Å². The Bertz CT molecular complexity index is 433. The Morgan fingerprint density at radius 3 is 3.10 bits per heavy atom. The first-order chi connectivity index (χ1) is 9.81. The fourth-order valence-corrected chi connectivity index (χ4v) is 3.22. The Morgan fingerprint density at radius 2 is 2.35 bits per heavy atom. The molecule has 4 nitrogen and oxygen atoms in total. The lowest BCUT2D eigenvalue weighted by Crippen LogP contribution is -2.27. The molecule has 1 aliphatic heterocycles. The van der Waals surface area contributed by atoms with Crippen LogP contribution in [0.15, 0.2) is 29.2 Å². The van der Waals surface area contributed by atoms with Gasteiger partial charge in [-0.2, -0.15) is 0 Å². The second-order valence-corrected chi connectivity index (χ2v) is 5.75. The quantitative estimate of drug-likeness (QED) is 0.619. The van der Waals surface area contributed by atoms with Crippen molar-refractivity contribution in [3.63, 3.8) is 0 Å². The van der Waals surface area contributed by atoms with Crippen LogP contribution in [0.3, 0.4) is 0 Å². The number of carbonyl (C=O) groups excluding carboxylic acids is 1. The van der Waals surface area contributed by atoms with Gasteiger partial charge in [-0.1, -0.05) is 12.1 Å². The molecule has 1 aromatic rings. The van der Waals surface area contributed by atoms with Gasteiger partial charge in [0, 0.05) is 30.9 Å². The van der Waals surface area contributed by atoms with Gasteiger partial charge in [0.2, 0.25) is 0 Å². The topological polar surface area (TPSA) is 47.6 Å². The molecule has 110 valence electrons. The van der Waals surface area contributed by atoms with E-state index >= 15 is 0 Å². The van der Waals surface area contributed by atoms with Gasteiger partial charge in [0.05, 0.1) is 18.3 Å². The molecule has 1 amide bonds. The maximum absolute atomic E-state index is 12.1. The van der Waals surface area contributed by atoms with Gasteiger partial charge in [-0.15, -0.1) is 11.8 Å². The average molecular weight is 295 g/mol. The molecule has 20 heavy (non-hydrogen) atoms. The van der Waals surface area contributed by atoms with Crippen LogP contribution in [0.5, 0.6) is 0 Å². The van der Waals surface area contributed by atoms with Crippen LogP contribution in [-0.4, -0.2) is 44.6 Å². The van der Waals surface area contributed by atoms with Crippen LogP contribution >= 0.6 is 11.8 Å². The number of carbonyl (C=O) groups is 1. The van der Waals surface area contributed by atoms with Crippen LogP contribution in [0.4, 0.5) is 0 Å². The number of rotatable bonds is 7. The number of hydrogen-bond acceptors (Lipinski definition) is 4. The Balaban J connectivity index is 1.92. The molecule has 2 rings (SSSR count). The second-order valence-electron chi connectivity index (χ2n) is 4.69. The zero-order valence-corrected chi connectivity index (χ0v) is 12.6.